The monoisotopic (exact) mass is 325 g/mol. The van der Waals surface area contributed by atoms with E-state index in [1.54, 1.807) is 0 Å². The summed E-state index contributed by atoms with van der Waals surface area (Å²) in [6.45, 7) is 8.43. The van der Waals surface area contributed by atoms with Crippen LogP contribution in [0.3, 0.4) is 0 Å². The van der Waals surface area contributed by atoms with E-state index in [0.29, 0.717) is 0 Å². The summed E-state index contributed by atoms with van der Waals surface area (Å²) in [5.41, 5.74) is 4.55. The molecule has 1 aliphatic rings. The summed E-state index contributed by atoms with van der Waals surface area (Å²) >= 11 is 0. The molecule has 0 bridgehead atoms. The molecule has 0 aromatic carbocycles. The van der Waals surface area contributed by atoms with Gasteiger partial charge in [-0.3, -0.25) is 9.58 Å². The van der Waals surface area contributed by atoms with Gasteiger partial charge in [0.15, 0.2) is 0 Å². The van der Waals surface area contributed by atoms with E-state index >= 15 is 0 Å². The van der Waals surface area contributed by atoms with Crippen LogP contribution in [0.25, 0.3) is 5.65 Å². The summed E-state index contributed by atoms with van der Waals surface area (Å²) in [5, 5.41) is 4.36. The minimum absolute atomic E-state index is 0.178. The molecule has 1 aliphatic heterocycles. The van der Waals surface area contributed by atoms with Crippen molar-refractivity contribution in [2.24, 2.45) is 0 Å². The zero-order valence-corrected chi connectivity index (χ0v) is 14.2. The number of hydrogen-bond donors (Lipinski definition) is 0. The van der Waals surface area contributed by atoms with Gasteiger partial charge in [0.1, 0.15) is 5.65 Å². The maximum absolute atomic E-state index is 5.91. The fraction of sp³-hybridized carbons (Fsp3) is 0.444. The van der Waals surface area contributed by atoms with Gasteiger partial charge in [0.05, 0.1) is 31.1 Å². The van der Waals surface area contributed by atoms with Crippen LogP contribution in [0.2, 0.25) is 0 Å². The molecule has 0 spiro atoms. The van der Waals surface area contributed by atoms with Crippen molar-refractivity contribution in [2.45, 2.75) is 33.0 Å². The Balaban J connectivity index is 1.42. The average Bonchev–Trinajstić information content (AvgIpc) is 3.14. The Morgan fingerprint density at radius 1 is 1.29 bits per heavy atom. The Labute approximate surface area is 141 Å². The van der Waals surface area contributed by atoms with Crippen LogP contribution in [-0.4, -0.2) is 49.9 Å². The van der Waals surface area contributed by atoms with Gasteiger partial charge in [-0.15, -0.1) is 0 Å². The molecular weight excluding hydrogens is 302 g/mol. The van der Waals surface area contributed by atoms with Gasteiger partial charge in [-0.05, 0) is 31.0 Å². The fourth-order valence-corrected chi connectivity index (χ4v) is 3.32. The van der Waals surface area contributed by atoms with Crippen LogP contribution in [0.4, 0.5) is 0 Å². The zero-order chi connectivity index (χ0) is 16.5. The number of morpholine rings is 1. The molecule has 0 aliphatic carbocycles. The molecule has 6 nitrogen and oxygen atoms in total. The van der Waals surface area contributed by atoms with E-state index in [1.807, 2.05) is 10.9 Å². The summed E-state index contributed by atoms with van der Waals surface area (Å²) in [5.74, 6) is 0. The lowest BCUT2D eigenvalue weighted by molar-refractivity contribution is -0.0405. The van der Waals surface area contributed by atoms with Crippen molar-refractivity contribution in [2.75, 3.05) is 19.7 Å². The normalized spacial score (nSPS) is 19.2. The average molecular weight is 325 g/mol. The Morgan fingerprint density at radius 2 is 2.21 bits per heavy atom. The number of rotatable bonds is 4. The molecule has 3 aromatic heterocycles. The van der Waals surface area contributed by atoms with E-state index in [-0.39, 0.29) is 6.10 Å². The first-order chi connectivity index (χ1) is 11.7. The lowest BCUT2D eigenvalue weighted by Crippen LogP contribution is -2.43. The highest BCUT2D eigenvalue weighted by atomic mass is 16.5. The van der Waals surface area contributed by atoms with Gasteiger partial charge >= 0.3 is 0 Å². The molecule has 1 fully saturated rings. The number of nitrogens with zero attached hydrogens (tertiary/aromatic N) is 5. The minimum atomic E-state index is 0.178. The Kier molecular flexibility index (Phi) is 4.08. The topological polar surface area (TPSA) is 47.6 Å². The van der Waals surface area contributed by atoms with Gasteiger partial charge in [0, 0.05) is 38.2 Å². The smallest absolute Gasteiger partial charge is 0.139 e. The lowest BCUT2D eigenvalue weighted by atomic mass is 10.2. The maximum atomic E-state index is 5.91. The van der Waals surface area contributed by atoms with Crippen molar-refractivity contribution < 1.29 is 4.74 Å². The zero-order valence-electron chi connectivity index (χ0n) is 14.2. The molecule has 1 saturated heterocycles. The minimum Gasteiger partial charge on any atom is -0.374 e. The van der Waals surface area contributed by atoms with Gasteiger partial charge < -0.3 is 9.14 Å². The summed E-state index contributed by atoms with van der Waals surface area (Å²) in [6, 6.07) is 4.16. The van der Waals surface area contributed by atoms with Crippen molar-refractivity contribution >= 4 is 5.65 Å². The number of aromatic nitrogens is 4. The molecule has 4 heterocycles. The highest BCUT2D eigenvalue weighted by molar-refractivity contribution is 5.47. The molecular formula is C18H23N5O. The molecule has 6 heteroatoms. The van der Waals surface area contributed by atoms with Gasteiger partial charge in [-0.25, -0.2) is 4.98 Å². The van der Waals surface area contributed by atoms with Crippen LogP contribution >= 0.6 is 0 Å². The number of ether oxygens (including phenoxy) is 1. The van der Waals surface area contributed by atoms with Crippen LogP contribution in [0, 0.1) is 13.8 Å². The van der Waals surface area contributed by atoms with E-state index in [2.05, 4.69) is 59.0 Å². The molecule has 0 N–H and O–H groups in total. The number of fused-ring (bicyclic) bond motifs is 1. The second-order valence-electron chi connectivity index (χ2n) is 6.62. The van der Waals surface area contributed by atoms with Crippen LogP contribution in [-0.2, 0) is 17.8 Å². The Bertz CT molecular complexity index is 837. The molecule has 0 amide bonds. The predicted molar refractivity (Wildman–Crippen MR) is 91.9 cm³/mol. The summed E-state index contributed by atoms with van der Waals surface area (Å²) < 4.78 is 9.99. The number of pyridine rings is 1. The Morgan fingerprint density at radius 3 is 3.00 bits per heavy atom. The summed E-state index contributed by atoms with van der Waals surface area (Å²) in [7, 11) is 0. The fourth-order valence-electron chi connectivity index (χ4n) is 3.32. The highest BCUT2D eigenvalue weighted by Crippen LogP contribution is 2.14. The molecule has 0 saturated carbocycles. The standard InChI is InChI=1S/C18H23N5O/c1-14-8-19-23(9-14)13-17-12-21(6-7-24-17)10-16-11-22-5-3-4-15(2)18(22)20-16/h3-5,8-9,11,17H,6-7,10,12-13H2,1-2H3/t17-/m0/s1. The van der Waals surface area contributed by atoms with Gasteiger partial charge in [-0.2, -0.15) is 5.10 Å². The lowest BCUT2D eigenvalue weighted by Gasteiger charge is -2.32. The third-order valence-electron chi connectivity index (χ3n) is 4.49. The molecule has 0 unspecified atom stereocenters. The van der Waals surface area contributed by atoms with Crippen molar-refractivity contribution in [3.63, 3.8) is 0 Å². The first kappa shape index (κ1) is 15.4. The number of imidazole rings is 1. The second-order valence-corrected chi connectivity index (χ2v) is 6.62. The number of hydrogen-bond acceptors (Lipinski definition) is 4. The highest BCUT2D eigenvalue weighted by Gasteiger charge is 2.22. The molecule has 126 valence electrons. The summed E-state index contributed by atoms with van der Waals surface area (Å²) in [6.07, 6.45) is 8.31. The molecule has 4 rings (SSSR count). The predicted octanol–water partition coefficient (Wildman–Crippen LogP) is 2.05. The molecule has 24 heavy (non-hydrogen) atoms. The van der Waals surface area contributed by atoms with E-state index in [0.717, 1.165) is 44.1 Å². The third-order valence-corrected chi connectivity index (χ3v) is 4.49. The van der Waals surface area contributed by atoms with Gasteiger partial charge in [0.2, 0.25) is 0 Å². The second kappa shape index (κ2) is 6.37. The Hall–Kier alpha value is -2.18. The molecule has 1 atom stereocenters. The van der Waals surface area contributed by atoms with Crippen LogP contribution in [0.1, 0.15) is 16.8 Å². The van der Waals surface area contributed by atoms with E-state index in [1.165, 1.54) is 11.1 Å². The van der Waals surface area contributed by atoms with Crippen molar-refractivity contribution in [1.29, 1.82) is 0 Å². The first-order valence-corrected chi connectivity index (χ1v) is 8.43. The van der Waals surface area contributed by atoms with E-state index in [9.17, 15) is 0 Å². The van der Waals surface area contributed by atoms with Crippen LogP contribution in [0.5, 0.6) is 0 Å². The molecule has 0 radical (unpaired) electrons. The van der Waals surface area contributed by atoms with Crippen molar-refractivity contribution in [3.8, 4) is 0 Å². The molecule has 3 aromatic rings. The van der Waals surface area contributed by atoms with Crippen LogP contribution in [0.15, 0.2) is 36.9 Å². The number of aryl methyl sites for hydroxylation is 2. The van der Waals surface area contributed by atoms with Crippen molar-refractivity contribution in [3.05, 3.63) is 53.7 Å². The van der Waals surface area contributed by atoms with E-state index < -0.39 is 0 Å². The van der Waals surface area contributed by atoms with Gasteiger partial charge in [0.25, 0.3) is 0 Å². The third kappa shape index (κ3) is 3.20. The van der Waals surface area contributed by atoms with E-state index in [4.69, 9.17) is 9.72 Å². The SMILES string of the molecule is Cc1cnn(C[C@@H]2CN(Cc3cn4cccc(C)c4n3)CCO2)c1. The largest absolute Gasteiger partial charge is 0.374 e. The maximum Gasteiger partial charge on any atom is 0.139 e. The first-order valence-electron chi connectivity index (χ1n) is 8.43. The van der Waals surface area contributed by atoms with Crippen LogP contribution < -0.4 is 0 Å². The van der Waals surface area contributed by atoms with Crippen molar-refractivity contribution in [1.82, 2.24) is 24.1 Å². The summed E-state index contributed by atoms with van der Waals surface area (Å²) in [4.78, 5) is 7.20. The van der Waals surface area contributed by atoms with Gasteiger partial charge in [-0.1, -0.05) is 6.07 Å². The quantitative estimate of drug-likeness (QED) is 0.736.